The Labute approximate surface area is 162 Å². The number of rotatable bonds is 9. The zero-order valence-electron chi connectivity index (χ0n) is 15.4. The SMILES string of the molecule is CCCc1noc(COC(=O)CCNS(=O)(=O)c2ccc3ccccc3c2)n1. The van der Waals surface area contributed by atoms with E-state index in [0.29, 0.717) is 12.2 Å². The largest absolute Gasteiger partial charge is 0.456 e. The number of aryl methyl sites for hydroxylation is 1. The minimum Gasteiger partial charge on any atom is -0.456 e. The van der Waals surface area contributed by atoms with Crippen LogP contribution in [0.5, 0.6) is 0 Å². The predicted octanol–water partition coefficient (Wildman–Crippen LogP) is 2.59. The zero-order chi connectivity index (χ0) is 20.0. The van der Waals surface area contributed by atoms with Crippen molar-refractivity contribution in [2.45, 2.75) is 37.7 Å². The van der Waals surface area contributed by atoms with Crippen molar-refractivity contribution in [1.29, 1.82) is 0 Å². The van der Waals surface area contributed by atoms with Crippen LogP contribution in [0.3, 0.4) is 0 Å². The monoisotopic (exact) mass is 403 g/mol. The van der Waals surface area contributed by atoms with Gasteiger partial charge in [-0.05, 0) is 29.3 Å². The summed E-state index contributed by atoms with van der Waals surface area (Å²) in [4.78, 5) is 16.0. The van der Waals surface area contributed by atoms with E-state index >= 15 is 0 Å². The van der Waals surface area contributed by atoms with Crippen molar-refractivity contribution in [3.63, 3.8) is 0 Å². The number of carbonyl (C=O) groups is 1. The fraction of sp³-hybridized carbons (Fsp3) is 0.316. The summed E-state index contributed by atoms with van der Waals surface area (Å²) in [5.41, 5.74) is 0. The Morgan fingerprint density at radius 2 is 1.96 bits per heavy atom. The third-order valence-electron chi connectivity index (χ3n) is 3.99. The fourth-order valence-electron chi connectivity index (χ4n) is 2.59. The summed E-state index contributed by atoms with van der Waals surface area (Å²) in [6, 6.07) is 12.4. The molecule has 148 valence electrons. The van der Waals surface area contributed by atoms with Gasteiger partial charge in [-0.1, -0.05) is 42.4 Å². The fourth-order valence-corrected chi connectivity index (χ4v) is 3.66. The normalized spacial score (nSPS) is 11.6. The second-order valence-corrected chi connectivity index (χ2v) is 7.94. The van der Waals surface area contributed by atoms with Crippen LogP contribution in [0, 0.1) is 0 Å². The summed E-state index contributed by atoms with van der Waals surface area (Å²) in [7, 11) is -3.72. The molecule has 2 aromatic carbocycles. The van der Waals surface area contributed by atoms with E-state index in [1.54, 1.807) is 12.1 Å². The second kappa shape index (κ2) is 8.94. The molecule has 0 saturated heterocycles. The standard InChI is InChI=1S/C19H21N3O5S/c1-2-5-17-21-18(27-22-17)13-26-19(23)10-11-20-28(24,25)16-9-8-14-6-3-4-7-15(14)12-16/h3-4,6-9,12,20H,2,5,10-11,13H2,1H3. The van der Waals surface area contributed by atoms with Crippen molar-refractivity contribution in [1.82, 2.24) is 14.9 Å². The van der Waals surface area contributed by atoms with E-state index < -0.39 is 16.0 Å². The molecule has 3 rings (SSSR count). The first-order valence-electron chi connectivity index (χ1n) is 8.93. The lowest BCUT2D eigenvalue weighted by Gasteiger charge is -2.08. The van der Waals surface area contributed by atoms with Crippen LogP contribution in [-0.2, 0) is 32.6 Å². The van der Waals surface area contributed by atoms with Crippen molar-refractivity contribution in [3.05, 3.63) is 54.2 Å². The molecule has 0 saturated carbocycles. The Morgan fingerprint density at radius 1 is 1.18 bits per heavy atom. The number of aromatic nitrogens is 2. The number of hydrogen-bond donors (Lipinski definition) is 1. The maximum Gasteiger partial charge on any atom is 0.307 e. The van der Waals surface area contributed by atoms with Crippen molar-refractivity contribution >= 4 is 26.8 Å². The van der Waals surface area contributed by atoms with Crippen molar-refractivity contribution < 1.29 is 22.5 Å². The van der Waals surface area contributed by atoms with Crippen LogP contribution in [0.4, 0.5) is 0 Å². The van der Waals surface area contributed by atoms with Gasteiger partial charge < -0.3 is 9.26 Å². The molecule has 0 aliphatic carbocycles. The number of ether oxygens (including phenoxy) is 1. The highest BCUT2D eigenvalue weighted by atomic mass is 32.2. The first-order valence-corrected chi connectivity index (χ1v) is 10.4. The molecule has 3 aromatic rings. The molecule has 0 atom stereocenters. The summed E-state index contributed by atoms with van der Waals surface area (Å²) in [5.74, 6) is 0.224. The lowest BCUT2D eigenvalue weighted by Crippen LogP contribution is -2.26. The Balaban J connectivity index is 1.49. The molecule has 9 heteroatoms. The van der Waals surface area contributed by atoms with E-state index in [-0.39, 0.29) is 30.4 Å². The maximum atomic E-state index is 12.4. The molecule has 1 N–H and O–H groups in total. The molecule has 1 heterocycles. The van der Waals surface area contributed by atoms with Crippen LogP contribution in [0.25, 0.3) is 10.8 Å². The van der Waals surface area contributed by atoms with Gasteiger partial charge in [0.25, 0.3) is 5.89 Å². The number of benzene rings is 2. The third kappa shape index (κ3) is 5.14. The van der Waals surface area contributed by atoms with Gasteiger partial charge in [0.1, 0.15) is 0 Å². The highest BCUT2D eigenvalue weighted by Gasteiger charge is 2.15. The van der Waals surface area contributed by atoms with E-state index in [0.717, 1.165) is 17.2 Å². The van der Waals surface area contributed by atoms with E-state index in [9.17, 15) is 13.2 Å². The number of carbonyl (C=O) groups excluding carboxylic acids is 1. The van der Waals surface area contributed by atoms with Crippen LogP contribution in [0.1, 0.15) is 31.5 Å². The predicted molar refractivity (Wildman–Crippen MR) is 102 cm³/mol. The lowest BCUT2D eigenvalue weighted by molar-refractivity contribution is -0.145. The van der Waals surface area contributed by atoms with Crippen molar-refractivity contribution in [2.75, 3.05) is 6.54 Å². The van der Waals surface area contributed by atoms with Gasteiger partial charge in [-0.25, -0.2) is 13.1 Å². The highest BCUT2D eigenvalue weighted by Crippen LogP contribution is 2.18. The summed E-state index contributed by atoms with van der Waals surface area (Å²) in [6.45, 7) is 1.79. The Bertz CT molecular complexity index is 1060. The van der Waals surface area contributed by atoms with Gasteiger partial charge in [0, 0.05) is 13.0 Å². The molecular formula is C19H21N3O5S. The summed E-state index contributed by atoms with van der Waals surface area (Å²) in [6.07, 6.45) is 1.47. The molecule has 0 radical (unpaired) electrons. The minimum atomic E-state index is -3.72. The average Bonchev–Trinajstić information content (AvgIpc) is 3.14. The van der Waals surface area contributed by atoms with Gasteiger partial charge in [0.05, 0.1) is 11.3 Å². The number of fused-ring (bicyclic) bond motifs is 1. The summed E-state index contributed by atoms with van der Waals surface area (Å²) in [5, 5.41) is 5.54. The minimum absolute atomic E-state index is 0.0705. The van der Waals surface area contributed by atoms with Gasteiger partial charge in [0.2, 0.25) is 10.0 Å². The van der Waals surface area contributed by atoms with Crippen LogP contribution in [0.15, 0.2) is 51.9 Å². The van der Waals surface area contributed by atoms with Gasteiger partial charge in [0.15, 0.2) is 12.4 Å². The number of nitrogens with zero attached hydrogens (tertiary/aromatic N) is 2. The van der Waals surface area contributed by atoms with Gasteiger partial charge in [-0.2, -0.15) is 4.98 Å². The number of nitrogens with one attached hydrogen (secondary N) is 1. The Hall–Kier alpha value is -2.78. The highest BCUT2D eigenvalue weighted by molar-refractivity contribution is 7.89. The molecule has 0 fully saturated rings. The Morgan fingerprint density at radius 3 is 2.75 bits per heavy atom. The van der Waals surface area contributed by atoms with Crippen LogP contribution < -0.4 is 4.72 Å². The van der Waals surface area contributed by atoms with Gasteiger partial charge in [-0.3, -0.25) is 4.79 Å². The van der Waals surface area contributed by atoms with E-state index in [4.69, 9.17) is 9.26 Å². The number of esters is 1. The molecule has 0 amide bonds. The molecule has 0 aliphatic heterocycles. The summed E-state index contributed by atoms with van der Waals surface area (Å²) < 4.78 is 37.2. The first-order chi connectivity index (χ1) is 13.5. The van der Waals surface area contributed by atoms with Crippen LogP contribution >= 0.6 is 0 Å². The third-order valence-corrected chi connectivity index (χ3v) is 5.45. The second-order valence-electron chi connectivity index (χ2n) is 6.17. The molecule has 0 bridgehead atoms. The molecule has 0 spiro atoms. The number of hydrogen-bond acceptors (Lipinski definition) is 7. The summed E-state index contributed by atoms with van der Waals surface area (Å²) >= 11 is 0. The van der Waals surface area contributed by atoms with Crippen LogP contribution in [-0.4, -0.2) is 31.1 Å². The van der Waals surface area contributed by atoms with Gasteiger partial charge >= 0.3 is 5.97 Å². The first kappa shape index (κ1) is 20.0. The maximum absolute atomic E-state index is 12.4. The van der Waals surface area contributed by atoms with Crippen LogP contribution in [0.2, 0.25) is 0 Å². The quantitative estimate of drug-likeness (QED) is 0.547. The number of sulfonamides is 1. The molecular weight excluding hydrogens is 382 g/mol. The topological polar surface area (TPSA) is 111 Å². The van der Waals surface area contributed by atoms with Gasteiger partial charge in [-0.15, -0.1) is 0 Å². The molecule has 1 aromatic heterocycles. The van der Waals surface area contributed by atoms with E-state index in [1.807, 2.05) is 31.2 Å². The molecule has 0 aliphatic rings. The van der Waals surface area contributed by atoms with Crippen molar-refractivity contribution in [2.24, 2.45) is 0 Å². The lowest BCUT2D eigenvalue weighted by atomic mass is 10.1. The molecule has 28 heavy (non-hydrogen) atoms. The zero-order valence-corrected chi connectivity index (χ0v) is 16.2. The van der Waals surface area contributed by atoms with E-state index in [2.05, 4.69) is 14.9 Å². The van der Waals surface area contributed by atoms with E-state index in [1.165, 1.54) is 6.07 Å². The average molecular weight is 403 g/mol. The smallest absolute Gasteiger partial charge is 0.307 e. The van der Waals surface area contributed by atoms with Crippen molar-refractivity contribution in [3.8, 4) is 0 Å². The Kier molecular flexibility index (Phi) is 6.37. The molecule has 0 unspecified atom stereocenters. The molecule has 8 nitrogen and oxygen atoms in total.